The van der Waals surface area contributed by atoms with E-state index in [9.17, 15) is 0 Å². The molecule has 4 nitrogen and oxygen atoms in total. The van der Waals surface area contributed by atoms with Crippen LogP contribution in [0.1, 0.15) is 22.3 Å². The van der Waals surface area contributed by atoms with Gasteiger partial charge in [0.1, 0.15) is 11.2 Å². The number of aromatic nitrogens is 4. The second kappa shape index (κ2) is 6.10. The highest BCUT2D eigenvalue weighted by atomic mass is 15.0. The Balaban J connectivity index is 1.47. The monoisotopic (exact) mass is 446 g/mol. The van der Waals surface area contributed by atoms with Crippen molar-refractivity contribution in [1.82, 2.24) is 19.4 Å². The minimum atomic E-state index is 0.917. The zero-order valence-corrected chi connectivity index (χ0v) is 18.8. The Labute approximate surface area is 200 Å². The first-order valence-electron chi connectivity index (χ1n) is 12.0. The van der Waals surface area contributed by atoms with E-state index in [1.807, 2.05) is 24.8 Å². The minimum absolute atomic E-state index is 0.917. The molecular formula is C31H18N4. The number of fused-ring (bicyclic) bond motifs is 16. The second-order valence-electron chi connectivity index (χ2n) is 9.69. The molecule has 0 spiro atoms. The molecule has 3 aromatic carbocycles. The van der Waals surface area contributed by atoms with Gasteiger partial charge in [0.2, 0.25) is 0 Å². The Morgan fingerprint density at radius 1 is 0.629 bits per heavy atom. The summed E-state index contributed by atoms with van der Waals surface area (Å²) in [6.45, 7) is 0. The lowest BCUT2D eigenvalue weighted by atomic mass is 9.92. The Morgan fingerprint density at radius 2 is 1.43 bits per heavy atom. The van der Waals surface area contributed by atoms with E-state index in [1.165, 1.54) is 55.3 Å². The molecule has 0 aliphatic heterocycles. The summed E-state index contributed by atoms with van der Waals surface area (Å²) in [5.74, 6) is 0. The lowest BCUT2D eigenvalue weighted by Crippen LogP contribution is -1.95. The maximum Gasteiger partial charge on any atom is 0.146 e. The van der Waals surface area contributed by atoms with Crippen molar-refractivity contribution < 1.29 is 0 Å². The summed E-state index contributed by atoms with van der Waals surface area (Å²) in [4.78, 5) is 14.0. The van der Waals surface area contributed by atoms with Crippen LogP contribution in [0.3, 0.4) is 0 Å². The highest BCUT2D eigenvalue weighted by molar-refractivity contribution is 6.17. The van der Waals surface area contributed by atoms with Crippen LogP contribution in [0.4, 0.5) is 0 Å². The number of rotatable bonds is 0. The Hall–Kier alpha value is -4.57. The van der Waals surface area contributed by atoms with Gasteiger partial charge in [-0.2, -0.15) is 0 Å². The Bertz CT molecular complexity index is 2070. The van der Waals surface area contributed by atoms with Crippen LogP contribution in [-0.2, 0) is 12.8 Å². The molecule has 2 aliphatic rings. The molecule has 0 amide bonds. The van der Waals surface area contributed by atoms with E-state index in [0.717, 1.165) is 40.4 Å². The lowest BCUT2D eigenvalue weighted by Gasteiger charge is -2.13. The molecule has 9 rings (SSSR count). The summed E-state index contributed by atoms with van der Waals surface area (Å²) >= 11 is 0. The third kappa shape index (κ3) is 2.11. The molecule has 4 heterocycles. The third-order valence-corrected chi connectivity index (χ3v) is 8.00. The zero-order chi connectivity index (χ0) is 22.7. The fraction of sp³-hybridized carbons (Fsp3) is 0.0645. The molecule has 0 unspecified atom stereocenters. The van der Waals surface area contributed by atoms with Gasteiger partial charge in [0, 0.05) is 29.4 Å². The van der Waals surface area contributed by atoms with Gasteiger partial charge in [0.25, 0.3) is 0 Å². The van der Waals surface area contributed by atoms with Gasteiger partial charge in [-0.1, -0.05) is 48.5 Å². The number of imidazole rings is 1. The minimum Gasteiger partial charge on any atom is -0.291 e. The maximum atomic E-state index is 5.12. The van der Waals surface area contributed by atoms with Crippen molar-refractivity contribution in [3.05, 3.63) is 108 Å². The van der Waals surface area contributed by atoms with E-state index in [1.54, 1.807) is 0 Å². The van der Waals surface area contributed by atoms with Crippen molar-refractivity contribution in [2.24, 2.45) is 0 Å². The van der Waals surface area contributed by atoms with Crippen LogP contribution in [0, 0.1) is 0 Å². The number of pyridine rings is 3. The average molecular weight is 447 g/mol. The lowest BCUT2D eigenvalue weighted by molar-refractivity contribution is 1.24. The van der Waals surface area contributed by atoms with E-state index in [4.69, 9.17) is 4.98 Å². The molecule has 0 N–H and O–H groups in total. The number of nitrogens with zero attached hydrogens (tertiary/aromatic N) is 4. The standard InChI is InChI=1S/C31H18N4/c1-2-4-20-17(3-1)13-18-5-6-19-14-23-21(29(19)28(18)20)7-8-22-24-15-32-11-9-26(24)35-27-10-12-33-16-25(27)34-31(35)30(22)23/h1-12,15-16H,13-14H2. The fourth-order valence-corrected chi connectivity index (χ4v) is 6.59. The van der Waals surface area contributed by atoms with E-state index in [-0.39, 0.29) is 0 Å². The van der Waals surface area contributed by atoms with Crippen LogP contribution in [0.5, 0.6) is 0 Å². The van der Waals surface area contributed by atoms with Crippen LogP contribution in [-0.4, -0.2) is 19.4 Å². The zero-order valence-electron chi connectivity index (χ0n) is 18.8. The molecule has 2 aliphatic carbocycles. The highest BCUT2D eigenvalue weighted by Gasteiger charge is 2.30. The molecule has 35 heavy (non-hydrogen) atoms. The third-order valence-electron chi connectivity index (χ3n) is 8.00. The van der Waals surface area contributed by atoms with Crippen LogP contribution in [0.25, 0.3) is 60.6 Å². The Kier molecular flexibility index (Phi) is 3.11. The van der Waals surface area contributed by atoms with Crippen molar-refractivity contribution in [3.8, 4) is 22.3 Å². The van der Waals surface area contributed by atoms with Crippen molar-refractivity contribution in [3.63, 3.8) is 0 Å². The van der Waals surface area contributed by atoms with Crippen LogP contribution in [0.2, 0.25) is 0 Å². The maximum absolute atomic E-state index is 5.12. The molecule has 0 saturated heterocycles. The topological polar surface area (TPSA) is 43.1 Å². The fourth-order valence-electron chi connectivity index (χ4n) is 6.59. The number of hydrogen-bond acceptors (Lipinski definition) is 3. The van der Waals surface area contributed by atoms with Gasteiger partial charge in [-0.25, -0.2) is 4.98 Å². The van der Waals surface area contributed by atoms with Crippen molar-refractivity contribution >= 4 is 38.4 Å². The summed E-state index contributed by atoms with van der Waals surface area (Å²) in [5.41, 5.74) is 15.3. The molecule has 4 aromatic heterocycles. The summed E-state index contributed by atoms with van der Waals surface area (Å²) < 4.78 is 2.29. The van der Waals surface area contributed by atoms with Crippen LogP contribution < -0.4 is 0 Å². The van der Waals surface area contributed by atoms with Gasteiger partial charge < -0.3 is 0 Å². The molecule has 7 aromatic rings. The van der Waals surface area contributed by atoms with Gasteiger partial charge in [0.05, 0.1) is 17.2 Å². The van der Waals surface area contributed by atoms with Crippen LogP contribution >= 0.6 is 0 Å². The van der Waals surface area contributed by atoms with Crippen molar-refractivity contribution in [2.45, 2.75) is 12.8 Å². The van der Waals surface area contributed by atoms with Crippen LogP contribution in [0.15, 0.2) is 85.5 Å². The van der Waals surface area contributed by atoms with E-state index < -0.39 is 0 Å². The summed E-state index contributed by atoms with van der Waals surface area (Å²) in [6.07, 6.45) is 9.50. The van der Waals surface area contributed by atoms with E-state index in [2.05, 4.69) is 75.0 Å². The average Bonchev–Trinajstić information content (AvgIpc) is 3.59. The molecule has 4 heteroatoms. The first-order valence-corrected chi connectivity index (χ1v) is 12.0. The quantitative estimate of drug-likeness (QED) is 0.243. The van der Waals surface area contributed by atoms with E-state index >= 15 is 0 Å². The summed E-state index contributed by atoms with van der Waals surface area (Å²) in [6, 6.07) is 22.3. The molecule has 0 atom stereocenters. The van der Waals surface area contributed by atoms with Gasteiger partial charge in [0.15, 0.2) is 0 Å². The SMILES string of the molecule is c1ccc2c(c1)Cc1ccc3c(c1-2)-c1ccc2c4cnccc4n4c5ccncc5nc4c2c1C3. The van der Waals surface area contributed by atoms with Crippen molar-refractivity contribution in [2.75, 3.05) is 0 Å². The molecule has 0 radical (unpaired) electrons. The largest absolute Gasteiger partial charge is 0.291 e. The van der Waals surface area contributed by atoms with Gasteiger partial charge in [-0.3, -0.25) is 14.4 Å². The highest BCUT2D eigenvalue weighted by Crippen LogP contribution is 2.51. The molecule has 0 saturated carbocycles. The normalized spacial score (nSPS) is 13.5. The smallest absolute Gasteiger partial charge is 0.146 e. The van der Waals surface area contributed by atoms with Gasteiger partial charge in [-0.15, -0.1) is 0 Å². The van der Waals surface area contributed by atoms with Gasteiger partial charge >= 0.3 is 0 Å². The predicted octanol–water partition coefficient (Wildman–Crippen LogP) is 6.73. The first kappa shape index (κ1) is 17.8. The predicted molar refractivity (Wildman–Crippen MR) is 140 cm³/mol. The molecule has 0 fully saturated rings. The number of benzene rings is 3. The number of hydrogen-bond donors (Lipinski definition) is 0. The molecular weight excluding hydrogens is 428 g/mol. The summed E-state index contributed by atoms with van der Waals surface area (Å²) in [5, 5.41) is 3.60. The second-order valence-corrected chi connectivity index (χ2v) is 9.69. The molecule has 162 valence electrons. The van der Waals surface area contributed by atoms with E-state index in [0.29, 0.717) is 0 Å². The van der Waals surface area contributed by atoms with Gasteiger partial charge in [-0.05, 0) is 74.9 Å². The summed E-state index contributed by atoms with van der Waals surface area (Å²) in [7, 11) is 0. The van der Waals surface area contributed by atoms with Crippen molar-refractivity contribution in [1.29, 1.82) is 0 Å². The Morgan fingerprint density at radius 3 is 2.37 bits per heavy atom. The molecule has 0 bridgehead atoms. The first-order chi connectivity index (χ1) is 17.4.